The Hall–Kier alpha value is -3.07. The van der Waals surface area contributed by atoms with Crippen LogP contribution in [0.3, 0.4) is 0 Å². The van der Waals surface area contributed by atoms with E-state index in [0.29, 0.717) is 37.7 Å². The van der Waals surface area contributed by atoms with E-state index in [9.17, 15) is 19.5 Å². The van der Waals surface area contributed by atoms with Gasteiger partial charge in [-0.1, -0.05) is 13.0 Å². The Morgan fingerprint density at radius 1 is 1.24 bits per heavy atom. The number of nitrogens with zero attached hydrogens (tertiary/aromatic N) is 2. The van der Waals surface area contributed by atoms with Crippen LogP contribution in [0.2, 0.25) is 0 Å². The maximum Gasteiger partial charge on any atom is 0.407 e. The molecule has 0 saturated carbocycles. The summed E-state index contributed by atoms with van der Waals surface area (Å²) in [5.74, 6) is -0.253. The predicted octanol–water partition coefficient (Wildman–Crippen LogP) is 3.66. The lowest BCUT2D eigenvalue weighted by molar-refractivity contribution is -0.129. The van der Waals surface area contributed by atoms with Gasteiger partial charge >= 0.3 is 6.09 Å². The highest BCUT2D eigenvalue weighted by Gasteiger charge is 2.33. The molecule has 3 heterocycles. The zero-order chi connectivity index (χ0) is 27.4. The Morgan fingerprint density at radius 2 is 1.97 bits per heavy atom. The molecule has 1 aromatic carbocycles. The van der Waals surface area contributed by atoms with E-state index in [2.05, 4.69) is 35.4 Å². The van der Waals surface area contributed by atoms with Crippen LogP contribution in [0.15, 0.2) is 18.2 Å². The van der Waals surface area contributed by atoms with Crippen molar-refractivity contribution in [2.24, 2.45) is 11.8 Å². The van der Waals surface area contributed by atoms with Crippen molar-refractivity contribution in [2.45, 2.75) is 65.5 Å². The van der Waals surface area contributed by atoms with E-state index in [0.717, 1.165) is 61.4 Å². The second-order valence-corrected chi connectivity index (χ2v) is 10.9. The number of carbonyl (C=O) groups is 3. The minimum atomic E-state index is -0.919. The van der Waals surface area contributed by atoms with Crippen molar-refractivity contribution in [3.63, 3.8) is 0 Å². The topological polar surface area (TPSA) is 111 Å². The quantitative estimate of drug-likeness (QED) is 0.500. The van der Waals surface area contributed by atoms with Crippen molar-refractivity contribution < 1.29 is 24.2 Å². The molecular formula is C29H42N4O5. The normalized spacial score (nSPS) is 24.4. The van der Waals surface area contributed by atoms with E-state index < -0.39 is 6.09 Å². The molecule has 3 aliphatic heterocycles. The lowest BCUT2D eigenvalue weighted by Crippen LogP contribution is -2.50. The highest BCUT2D eigenvalue weighted by atomic mass is 16.5. The number of amides is 3. The van der Waals surface area contributed by atoms with Crippen LogP contribution in [0.1, 0.15) is 67.9 Å². The van der Waals surface area contributed by atoms with Gasteiger partial charge in [0.2, 0.25) is 5.91 Å². The van der Waals surface area contributed by atoms with Crippen LogP contribution in [-0.4, -0.2) is 79.4 Å². The van der Waals surface area contributed by atoms with Gasteiger partial charge in [0.15, 0.2) is 0 Å². The van der Waals surface area contributed by atoms with Crippen LogP contribution in [0.5, 0.6) is 0 Å². The summed E-state index contributed by atoms with van der Waals surface area (Å²) in [6.45, 7) is 11.5. The first kappa shape index (κ1) is 28.0. The molecule has 38 heavy (non-hydrogen) atoms. The largest absolute Gasteiger partial charge is 0.465 e. The monoisotopic (exact) mass is 526 g/mol. The van der Waals surface area contributed by atoms with E-state index in [1.165, 1.54) is 4.90 Å². The van der Waals surface area contributed by atoms with Crippen molar-refractivity contribution in [1.29, 1.82) is 0 Å². The molecule has 1 aromatic rings. The molecule has 9 heteroatoms. The third-order valence-corrected chi connectivity index (χ3v) is 8.38. The Labute approximate surface area is 225 Å². The molecule has 2 saturated heterocycles. The van der Waals surface area contributed by atoms with Crippen LogP contribution in [0.25, 0.3) is 5.57 Å². The lowest BCUT2D eigenvalue weighted by atomic mass is 9.84. The molecule has 0 aromatic heterocycles. The van der Waals surface area contributed by atoms with Crippen molar-refractivity contribution >= 4 is 29.2 Å². The number of hydrogen-bond donors (Lipinski definition) is 3. The lowest BCUT2D eigenvalue weighted by Gasteiger charge is -2.37. The fourth-order valence-electron chi connectivity index (χ4n) is 6.13. The molecule has 0 bridgehead atoms. The van der Waals surface area contributed by atoms with Crippen LogP contribution in [0.4, 0.5) is 10.5 Å². The SMILES string of the molecule is CCN(c1cc(C2=CCN(C(=O)O)CC2)cc(C(=O)NCC2C(=O)NC(C)CC2C)c1C)C1CCOCC1. The summed E-state index contributed by atoms with van der Waals surface area (Å²) in [5, 5.41) is 15.4. The molecule has 3 atom stereocenters. The Balaban J connectivity index is 1.64. The number of carbonyl (C=O) groups excluding carboxylic acids is 2. The van der Waals surface area contributed by atoms with Crippen molar-refractivity contribution in [3.05, 3.63) is 34.9 Å². The van der Waals surface area contributed by atoms with Gasteiger partial charge in [0.1, 0.15) is 0 Å². The van der Waals surface area contributed by atoms with E-state index in [1.54, 1.807) is 0 Å². The predicted molar refractivity (Wildman–Crippen MR) is 147 cm³/mol. The maximum absolute atomic E-state index is 13.6. The number of nitrogens with one attached hydrogen (secondary N) is 2. The van der Waals surface area contributed by atoms with Crippen molar-refractivity contribution in [3.8, 4) is 0 Å². The fourth-order valence-corrected chi connectivity index (χ4v) is 6.13. The van der Waals surface area contributed by atoms with Gasteiger partial charge < -0.3 is 30.3 Å². The van der Waals surface area contributed by atoms with Gasteiger partial charge in [-0.05, 0) is 81.2 Å². The summed E-state index contributed by atoms with van der Waals surface area (Å²) < 4.78 is 5.60. The van der Waals surface area contributed by atoms with E-state index in [1.807, 2.05) is 26.0 Å². The third-order valence-electron chi connectivity index (χ3n) is 8.38. The zero-order valence-corrected chi connectivity index (χ0v) is 23.1. The smallest absolute Gasteiger partial charge is 0.407 e. The second kappa shape index (κ2) is 12.2. The molecule has 3 amide bonds. The van der Waals surface area contributed by atoms with Gasteiger partial charge in [0, 0.05) is 62.7 Å². The molecule has 3 aliphatic rings. The standard InChI is InChI=1S/C29H42N4O5/c1-5-33(23-8-12-38-13-9-23)26-16-22(21-6-10-32(11-7-21)29(36)37)15-24(20(26)4)27(34)30-17-25-18(2)14-19(3)31-28(25)35/h6,15-16,18-19,23,25H,5,7-14,17H2,1-4H3,(H,30,34)(H,31,35)(H,36,37). The van der Waals surface area contributed by atoms with Crippen molar-refractivity contribution in [1.82, 2.24) is 15.5 Å². The molecule has 0 radical (unpaired) electrons. The second-order valence-electron chi connectivity index (χ2n) is 10.9. The van der Waals surface area contributed by atoms with Crippen LogP contribution in [-0.2, 0) is 9.53 Å². The Bertz CT molecular complexity index is 1080. The number of carboxylic acid groups (broad SMARTS) is 1. The number of benzene rings is 1. The van der Waals surface area contributed by atoms with Gasteiger partial charge in [-0.3, -0.25) is 9.59 Å². The summed E-state index contributed by atoms with van der Waals surface area (Å²) in [6, 6.07) is 4.57. The average molecular weight is 527 g/mol. The van der Waals surface area contributed by atoms with E-state index in [-0.39, 0.29) is 29.7 Å². The van der Waals surface area contributed by atoms with Gasteiger partial charge in [-0.25, -0.2) is 4.79 Å². The molecular weight excluding hydrogens is 484 g/mol. The molecule has 0 aliphatic carbocycles. The summed E-state index contributed by atoms with van der Waals surface area (Å²) >= 11 is 0. The van der Waals surface area contributed by atoms with Gasteiger partial charge in [0.25, 0.3) is 5.91 Å². The molecule has 3 N–H and O–H groups in total. The highest BCUT2D eigenvalue weighted by molar-refractivity contribution is 5.98. The Morgan fingerprint density at radius 3 is 2.58 bits per heavy atom. The number of hydrogen-bond acceptors (Lipinski definition) is 5. The summed E-state index contributed by atoms with van der Waals surface area (Å²) in [7, 11) is 0. The third kappa shape index (κ3) is 6.14. The highest BCUT2D eigenvalue weighted by Crippen LogP contribution is 2.34. The minimum Gasteiger partial charge on any atom is -0.465 e. The first-order valence-electron chi connectivity index (χ1n) is 13.9. The Kier molecular flexibility index (Phi) is 8.97. The van der Waals surface area contributed by atoms with Gasteiger partial charge in [0.05, 0.1) is 5.92 Å². The van der Waals surface area contributed by atoms with Crippen molar-refractivity contribution in [2.75, 3.05) is 44.3 Å². The molecule has 9 nitrogen and oxygen atoms in total. The first-order valence-corrected chi connectivity index (χ1v) is 13.9. The summed E-state index contributed by atoms with van der Waals surface area (Å²) in [4.78, 5) is 41.4. The number of ether oxygens (including phenoxy) is 1. The van der Waals surface area contributed by atoms with Gasteiger partial charge in [-0.2, -0.15) is 0 Å². The van der Waals surface area contributed by atoms with E-state index >= 15 is 0 Å². The van der Waals surface area contributed by atoms with Gasteiger partial charge in [-0.15, -0.1) is 0 Å². The summed E-state index contributed by atoms with van der Waals surface area (Å²) in [6.07, 6.45) is 4.38. The van der Waals surface area contributed by atoms with E-state index in [4.69, 9.17) is 4.74 Å². The zero-order valence-electron chi connectivity index (χ0n) is 23.1. The van der Waals surface area contributed by atoms with Crippen LogP contribution >= 0.6 is 0 Å². The van der Waals surface area contributed by atoms with Crippen LogP contribution < -0.4 is 15.5 Å². The van der Waals surface area contributed by atoms with Crippen LogP contribution in [0, 0.1) is 18.8 Å². The minimum absolute atomic E-state index is 0.00488. The average Bonchev–Trinajstić information content (AvgIpc) is 2.90. The summed E-state index contributed by atoms with van der Waals surface area (Å²) in [5.41, 5.74) is 4.54. The molecule has 0 spiro atoms. The number of piperidine rings is 1. The first-order chi connectivity index (χ1) is 18.2. The fraction of sp³-hybridized carbons (Fsp3) is 0.621. The molecule has 208 valence electrons. The number of anilines is 1. The number of rotatable bonds is 7. The maximum atomic E-state index is 13.6. The molecule has 4 rings (SSSR count). The molecule has 2 fully saturated rings. The molecule has 3 unspecified atom stereocenters.